The van der Waals surface area contributed by atoms with Crippen molar-refractivity contribution >= 4 is 50.8 Å². The third-order valence-electron chi connectivity index (χ3n) is 6.08. The number of anilines is 2. The van der Waals surface area contributed by atoms with Crippen LogP contribution in [-0.4, -0.2) is 37.5 Å². The van der Waals surface area contributed by atoms with Gasteiger partial charge in [-0.05, 0) is 37.6 Å². The lowest BCUT2D eigenvalue weighted by Gasteiger charge is -2.26. The fourth-order valence-corrected chi connectivity index (χ4v) is 4.92. The van der Waals surface area contributed by atoms with Crippen molar-refractivity contribution in [3.63, 3.8) is 0 Å². The van der Waals surface area contributed by atoms with Gasteiger partial charge in [0, 0.05) is 19.4 Å². The molecule has 0 saturated carbocycles. The van der Waals surface area contributed by atoms with Gasteiger partial charge in [0.15, 0.2) is 11.6 Å². The van der Waals surface area contributed by atoms with Gasteiger partial charge in [0.05, 0.1) is 27.1 Å². The van der Waals surface area contributed by atoms with Crippen LogP contribution in [0.1, 0.15) is 50.1 Å². The number of benzene rings is 2. The van der Waals surface area contributed by atoms with Crippen LogP contribution in [0.15, 0.2) is 73.1 Å². The monoisotopic (exact) mass is 527 g/mol. The first kappa shape index (κ1) is 24.9. The summed E-state index contributed by atoms with van der Waals surface area (Å²) in [5, 5.41) is 16.3. The quantitative estimate of drug-likeness (QED) is 0.247. The number of aromatic amines is 1. The highest BCUT2D eigenvalue weighted by atomic mass is 32.1. The summed E-state index contributed by atoms with van der Waals surface area (Å²) in [5.41, 5.74) is 0.995. The summed E-state index contributed by atoms with van der Waals surface area (Å²) in [6.07, 6.45) is 3.18. The highest BCUT2D eigenvalue weighted by molar-refractivity contribution is 7.20. The number of nitrogens with one attached hydrogen (secondary N) is 4. The van der Waals surface area contributed by atoms with Crippen molar-refractivity contribution in [3.8, 4) is 0 Å². The second-order valence-electron chi connectivity index (χ2n) is 9.19. The summed E-state index contributed by atoms with van der Waals surface area (Å²) in [7, 11) is 1.71. The number of hydrogen-bond donors (Lipinski definition) is 4. The van der Waals surface area contributed by atoms with Gasteiger partial charge in [-0.3, -0.25) is 19.5 Å². The second-order valence-corrected chi connectivity index (χ2v) is 10.2. The van der Waals surface area contributed by atoms with Crippen molar-refractivity contribution in [2.75, 3.05) is 10.6 Å². The van der Waals surface area contributed by atoms with Gasteiger partial charge < -0.3 is 20.5 Å². The molecule has 2 aromatic carbocycles. The number of rotatable bonds is 7. The molecule has 3 heterocycles. The lowest BCUT2D eigenvalue weighted by molar-refractivity contribution is 0.0915. The highest BCUT2D eigenvalue weighted by Crippen LogP contribution is 2.31. The number of aryl methyl sites for hydroxylation is 1. The van der Waals surface area contributed by atoms with Crippen LogP contribution < -0.4 is 16.0 Å². The molecule has 0 fully saturated rings. The zero-order chi connectivity index (χ0) is 26.9. The Hall–Kier alpha value is -4.77. The largest absolute Gasteiger partial charge is 0.342 e. The van der Waals surface area contributed by atoms with E-state index in [1.54, 1.807) is 48.1 Å². The molecule has 10 nitrogen and oxygen atoms in total. The summed E-state index contributed by atoms with van der Waals surface area (Å²) >= 11 is 1.25. The van der Waals surface area contributed by atoms with Crippen LogP contribution in [0.25, 0.3) is 10.2 Å². The van der Waals surface area contributed by atoms with Crippen molar-refractivity contribution in [2.45, 2.75) is 19.4 Å². The standard InChI is InChI=1S/C27H25N7O3S/c1-27(2,16-9-5-4-6-10-16)31-24(36)20-15-18-21(32-33-26(18)38-20)30-23(35)17-11-7-8-12-19(17)29-25(37)22-28-13-14-34(22)3/h4-15H,1-3H3,(H,29,37)(H,31,36)(H2,30,32,33,35). The smallest absolute Gasteiger partial charge is 0.291 e. The molecule has 0 aliphatic carbocycles. The summed E-state index contributed by atoms with van der Waals surface area (Å²) in [4.78, 5) is 44.1. The number of carbonyl (C=O) groups is 3. The van der Waals surface area contributed by atoms with Crippen LogP contribution in [0.5, 0.6) is 0 Å². The van der Waals surface area contributed by atoms with E-state index in [1.807, 2.05) is 44.2 Å². The minimum atomic E-state index is -0.575. The van der Waals surface area contributed by atoms with Crippen molar-refractivity contribution in [1.29, 1.82) is 0 Å². The third-order valence-corrected chi connectivity index (χ3v) is 7.12. The van der Waals surface area contributed by atoms with E-state index in [0.717, 1.165) is 5.56 Å². The maximum Gasteiger partial charge on any atom is 0.291 e. The molecule has 5 aromatic rings. The van der Waals surface area contributed by atoms with E-state index >= 15 is 0 Å². The van der Waals surface area contributed by atoms with E-state index in [2.05, 4.69) is 31.1 Å². The third kappa shape index (κ3) is 4.91. The Bertz CT molecular complexity index is 1650. The molecule has 0 radical (unpaired) electrons. The number of H-pyrrole nitrogens is 1. The van der Waals surface area contributed by atoms with E-state index < -0.39 is 17.4 Å². The van der Waals surface area contributed by atoms with Crippen LogP contribution in [-0.2, 0) is 12.6 Å². The predicted octanol–water partition coefficient (Wildman–Crippen LogP) is 4.53. The lowest BCUT2D eigenvalue weighted by atomic mass is 9.94. The number of hydrogen-bond acceptors (Lipinski definition) is 6. The van der Waals surface area contributed by atoms with Crippen molar-refractivity contribution < 1.29 is 14.4 Å². The molecule has 0 bridgehead atoms. The first-order valence-corrected chi connectivity index (χ1v) is 12.6. The average Bonchev–Trinajstić information content (AvgIpc) is 3.62. The van der Waals surface area contributed by atoms with Crippen molar-refractivity contribution in [1.82, 2.24) is 25.1 Å². The number of nitrogens with zero attached hydrogens (tertiary/aromatic N) is 3. The van der Waals surface area contributed by atoms with Gasteiger partial charge >= 0.3 is 0 Å². The molecule has 11 heteroatoms. The van der Waals surface area contributed by atoms with Crippen molar-refractivity contribution in [3.05, 3.63) is 94.9 Å². The van der Waals surface area contributed by atoms with E-state index in [1.165, 1.54) is 17.5 Å². The van der Waals surface area contributed by atoms with E-state index in [9.17, 15) is 14.4 Å². The molecule has 0 aliphatic heterocycles. The van der Waals surface area contributed by atoms with Crippen LogP contribution >= 0.6 is 11.3 Å². The van der Waals surface area contributed by atoms with Crippen LogP contribution in [0.4, 0.5) is 11.5 Å². The molecule has 0 spiro atoms. The Morgan fingerprint density at radius 2 is 1.68 bits per heavy atom. The van der Waals surface area contributed by atoms with Gasteiger partial charge in [-0.2, -0.15) is 5.10 Å². The zero-order valence-electron chi connectivity index (χ0n) is 20.9. The maximum absolute atomic E-state index is 13.2. The minimum absolute atomic E-state index is 0.216. The van der Waals surface area contributed by atoms with Crippen LogP contribution in [0.3, 0.4) is 0 Å². The Morgan fingerprint density at radius 1 is 0.947 bits per heavy atom. The molecular weight excluding hydrogens is 502 g/mol. The molecule has 192 valence electrons. The molecule has 0 unspecified atom stereocenters. The summed E-state index contributed by atoms with van der Waals surface area (Å²) in [6.45, 7) is 3.88. The summed E-state index contributed by atoms with van der Waals surface area (Å²) in [5.74, 6) is -0.627. The number of para-hydroxylation sites is 1. The Kier molecular flexibility index (Phi) is 6.52. The maximum atomic E-state index is 13.2. The van der Waals surface area contributed by atoms with Gasteiger partial charge in [0.25, 0.3) is 17.7 Å². The minimum Gasteiger partial charge on any atom is -0.342 e. The van der Waals surface area contributed by atoms with Gasteiger partial charge in [0.1, 0.15) is 4.83 Å². The Balaban J connectivity index is 1.33. The predicted molar refractivity (Wildman–Crippen MR) is 146 cm³/mol. The second kappa shape index (κ2) is 9.94. The van der Waals surface area contributed by atoms with E-state index in [0.29, 0.717) is 20.8 Å². The number of fused-ring (bicyclic) bond motifs is 1. The molecule has 4 N–H and O–H groups in total. The summed E-state index contributed by atoms with van der Waals surface area (Å²) < 4.78 is 1.59. The molecule has 3 aromatic heterocycles. The first-order valence-electron chi connectivity index (χ1n) is 11.8. The number of amides is 3. The Morgan fingerprint density at radius 3 is 2.42 bits per heavy atom. The first-order chi connectivity index (χ1) is 18.2. The lowest BCUT2D eigenvalue weighted by Crippen LogP contribution is -2.40. The molecule has 3 amide bonds. The molecule has 5 rings (SSSR count). The Labute approximate surface area is 222 Å². The molecule has 0 saturated heterocycles. The topological polar surface area (TPSA) is 134 Å². The normalized spacial score (nSPS) is 11.3. The number of carbonyl (C=O) groups excluding carboxylic acids is 3. The average molecular weight is 528 g/mol. The zero-order valence-corrected chi connectivity index (χ0v) is 21.7. The van der Waals surface area contributed by atoms with Gasteiger partial charge in [0.2, 0.25) is 0 Å². The van der Waals surface area contributed by atoms with Gasteiger partial charge in [-0.25, -0.2) is 4.98 Å². The number of imidazole rings is 1. The van der Waals surface area contributed by atoms with Crippen molar-refractivity contribution in [2.24, 2.45) is 7.05 Å². The van der Waals surface area contributed by atoms with E-state index in [4.69, 9.17) is 0 Å². The summed E-state index contributed by atoms with van der Waals surface area (Å²) in [6, 6.07) is 18.1. The number of thiophene rings is 1. The fraction of sp³-hybridized carbons (Fsp3) is 0.148. The molecule has 0 atom stereocenters. The SMILES string of the molecule is Cn1ccnc1C(=O)Nc1ccccc1C(=O)Nc1n[nH]c2sc(C(=O)NC(C)(C)c3ccccc3)cc12. The molecule has 0 aliphatic rings. The fourth-order valence-electron chi connectivity index (χ4n) is 4.02. The molecule has 38 heavy (non-hydrogen) atoms. The number of aromatic nitrogens is 4. The van der Waals surface area contributed by atoms with Crippen LogP contribution in [0, 0.1) is 0 Å². The van der Waals surface area contributed by atoms with Gasteiger partial charge in [-0.15, -0.1) is 11.3 Å². The van der Waals surface area contributed by atoms with Crippen LogP contribution in [0.2, 0.25) is 0 Å². The van der Waals surface area contributed by atoms with Gasteiger partial charge in [-0.1, -0.05) is 42.5 Å². The molecular formula is C27H25N7O3S. The highest BCUT2D eigenvalue weighted by Gasteiger charge is 2.25. The van der Waals surface area contributed by atoms with E-state index in [-0.39, 0.29) is 23.1 Å².